The fourth-order valence-electron chi connectivity index (χ4n) is 2.88. The molecule has 0 aliphatic heterocycles. The van der Waals surface area contributed by atoms with E-state index in [9.17, 15) is 33.5 Å². The molecule has 0 spiro atoms. The van der Waals surface area contributed by atoms with Gasteiger partial charge in [-0.15, -0.1) is 0 Å². The Hall–Kier alpha value is -4.65. The largest absolute Gasteiger partial charge is 0.504 e. The minimum absolute atomic E-state index is 0.135. The standard InChI is InChI=1S/C21H18N4O8S/c1-33-18-8-4-5-13(20(18)26)12-22-23-17-10-9-14(25(29)30)11-19(17)34(31,32)24-16-7-3-2-6-15(16)21(27)28/h2-12,23-24,26H,1H3,(H,27,28). The lowest BCUT2D eigenvalue weighted by molar-refractivity contribution is -0.385. The number of nitrogens with one attached hydrogen (secondary N) is 2. The molecule has 0 atom stereocenters. The normalized spacial score (nSPS) is 11.2. The van der Waals surface area contributed by atoms with Gasteiger partial charge in [-0.2, -0.15) is 5.10 Å². The van der Waals surface area contributed by atoms with E-state index in [1.807, 2.05) is 0 Å². The Morgan fingerprint density at radius 3 is 2.53 bits per heavy atom. The van der Waals surface area contributed by atoms with Crippen molar-refractivity contribution in [2.75, 3.05) is 17.3 Å². The first kappa shape index (κ1) is 24.0. The van der Waals surface area contributed by atoms with E-state index in [2.05, 4.69) is 15.2 Å². The number of hydrazone groups is 1. The number of phenols is 1. The lowest BCUT2D eigenvalue weighted by Gasteiger charge is -2.13. The Morgan fingerprint density at radius 1 is 1.12 bits per heavy atom. The quantitative estimate of drug-likeness (QED) is 0.200. The van der Waals surface area contributed by atoms with Crippen LogP contribution in [0.15, 0.2) is 70.7 Å². The van der Waals surface area contributed by atoms with E-state index < -0.39 is 31.5 Å². The summed E-state index contributed by atoms with van der Waals surface area (Å²) in [6.45, 7) is 0. The lowest BCUT2D eigenvalue weighted by Crippen LogP contribution is -2.17. The van der Waals surface area contributed by atoms with Gasteiger partial charge in [-0.1, -0.05) is 18.2 Å². The molecule has 0 aliphatic carbocycles. The number of aromatic hydroxyl groups is 1. The summed E-state index contributed by atoms with van der Waals surface area (Å²) in [6, 6.07) is 13.0. The number of para-hydroxylation sites is 2. The molecular weight excluding hydrogens is 468 g/mol. The van der Waals surface area contributed by atoms with Crippen molar-refractivity contribution >= 4 is 39.3 Å². The average Bonchev–Trinajstić information content (AvgIpc) is 2.80. The molecular formula is C21H18N4O8S. The highest BCUT2D eigenvalue weighted by molar-refractivity contribution is 7.93. The van der Waals surface area contributed by atoms with Gasteiger partial charge in [0.1, 0.15) is 4.90 Å². The zero-order valence-corrected chi connectivity index (χ0v) is 18.3. The monoisotopic (exact) mass is 486 g/mol. The molecule has 0 saturated heterocycles. The summed E-state index contributed by atoms with van der Waals surface area (Å²) in [7, 11) is -3.12. The van der Waals surface area contributed by atoms with Crippen LogP contribution in [0.5, 0.6) is 11.5 Å². The van der Waals surface area contributed by atoms with Crippen LogP contribution in [-0.2, 0) is 10.0 Å². The van der Waals surface area contributed by atoms with Gasteiger partial charge in [0.25, 0.3) is 15.7 Å². The van der Waals surface area contributed by atoms with Crippen molar-refractivity contribution in [3.8, 4) is 11.5 Å². The molecule has 0 unspecified atom stereocenters. The van der Waals surface area contributed by atoms with Crippen molar-refractivity contribution in [1.82, 2.24) is 0 Å². The molecule has 34 heavy (non-hydrogen) atoms. The Balaban J connectivity index is 1.99. The minimum Gasteiger partial charge on any atom is -0.504 e. The number of phenolic OH excluding ortho intramolecular Hbond substituents is 1. The molecule has 3 rings (SSSR count). The second-order valence-electron chi connectivity index (χ2n) is 6.66. The van der Waals surface area contributed by atoms with E-state index in [1.54, 1.807) is 6.07 Å². The number of anilines is 2. The highest BCUT2D eigenvalue weighted by atomic mass is 32.2. The van der Waals surface area contributed by atoms with E-state index in [-0.39, 0.29) is 34.0 Å². The van der Waals surface area contributed by atoms with Gasteiger partial charge in [0.15, 0.2) is 11.5 Å². The smallest absolute Gasteiger partial charge is 0.337 e. The molecule has 0 heterocycles. The predicted molar refractivity (Wildman–Crippen MR) is 123 cm³/mol. The van der Waals surface area contributed by atoms with Crippen LogP contribution in [-0.4, -0.2) is 42.8 Å². The number of sulfonamides is 1. The number of aromatic carboxylic acids is 1. The predicted octanol–water partition coefficient (Wildman–Crippen LogP) is 3.25. The number of nitro benzene ring substituents is 1. The van der Waals surface area contributed by atoms with Gasteiger partial charge in [-0.25, -0.2) is 13.2 Å². The first-order valence-corrected chi connectivity index (χ1v) is 10.9. The molecule has 0 aromatic heterocycles. The van der Waals surface area contributed by atoms with Crippen LogP contribution in [0.3, 0.4) is 0 Å². The van der Waals surface area contributed by atoms with Gasteiger partial charge in [0, 0.05) is 17.7 Å². The molecule has 3 aromatic rings. The maximum atomic E-state index is 13.1. The van der Waals surface area contributed by atoms with Gasteiger partial charge in [0.2, 0.25) is 0 Å². The van der Waals surface area contributed by atoms with Crippen LogP contribution in [0, 0.1) is 10.1 Å². The Labute approximate surface area is 193 Å². The number of carbonyl (C=O) groups is 1. The SMILES string of the molecule is COc1cccc(C=NNc2ccc([N+](=O)[O-])cc2S(=O)(=O)Nc2ccccc2C(=O)O)c1O. The number of methoxy groups -OCH3 is 1. The molecule has 176 valence electrons. The number of ether oxygens (including phenoxy) is 1. The van der Waals surface area contributed by atoms with E-state index in [0.717, 1.165) is 18.2 Å². The van der Waals surface area contributed by atoms with Gasteiger partial charge in [-0.05, 0) is 30.3 Å². The zero-order chi connectivity index (χ0) is 24.9. The number of non-ortho nitro benzene ring substituents is 1. The summed E-state index contributed by atoms with van der Waals surface area (Å²) < 4.78 is 33.3. The second kappa shape index (κ2) is 9.87. The first-order valence-electron chi connectivity index (χ1n) is 9.42. The third-order valence-corrected chi connectivity index (χ3v) is 5.91. The summed E-state index contributed by atoms with van der Waals surface area (Å²) in [5.41, 5.74) is 1.56. The van der Waals surface area contributed by atoms with E-state index in [4.69, 9.17) is 4.74 Å². The molecule has 0 bridgehead atoms. The maximum Gasteiger partial charge on any atom is 0.337 e. The van der Waals surface area contributed by atoms with Crippen LogP contribution in [0.2, 0.25) is 0 Å². The zero-order valence-electron chi connectivity index (χ0n) is 17.5. The summed E-state index contributed by atoms with van der Waals surface area (Å²) in [4.78, 5) is 21.3. The van der Waals surface area contributed by atoms with Crippen LogP contribution >= 0.6 is 0 Å². The summed E-state index contributed by atoms with van der Waals surface area (Å²) in [5, 5.41) is 34.5. The van der Waals surface area contributed by atoms with Crippen molar-refractivity contribution in [2.45, 2.75) is 4.90 Å². The number of hydrogen-bond acceptors (Lipinski definition) is 9. The van der Waals surface area contributed by atoms with Crippen LogP contribution in [0.1, 0.15) is 15.9 Å². The van der Waals surface area contributed by atoms with Gasteiger partial charge in [-0.3, -0.25) is 20.3 Å². The molecule has 0 amide bonds. The minimum atomic E-state index is -4.49. The topological polar surface area (TPSA) is 180 Å². The average molecular weight is 486 g/mol. The molecule has 3 aromatic carbocycles. The number of carboxylic acids is 1. The lowest BCUT2D eigenvalue weighted by atomic mass is 10.2. The summed E-state index contributed by atoms with van der Waals surface area (Å²) in [5.74, 6) is -1.36. The number of carboxylic acid groups (broad SMARTS) is 1. The van der Waals surface area contributed by atoms with Crippen molar-refractivity contribution in [1.29, 1.82) is 0 Å². The number of nitro groups is 1. The highest BCUT2D eigenvalue weighted by Crippen LogP contribution is 2.30. The second-order valence-corrected chi connectivity index (χ2v) is 8.31. The number of nitrogens with zero attached hydrogens (tertiary/aromatic N) is 2. The van der Waals surface area contributed by atoms with Crippen molar-refractivity contribution in [3.05, 3.63) is 81.9 Å². The molecule has 0 fully saturated rings. The van der Waals surface area contributed by atoms with Crippen molar-refractivity contribution < 1.29 is 33.1 Å². The third-order valence-electron chi connectivity index (χ3n) is 4.51. The molecule has 0 aliphatic rings. The van der Waals surface area contributed by atoms with Gasteiger partial charge in [0.05, 0.1) is 35.2 Å². The Bertz CT molecular complexity index is 1390. The molecule has 0 radical (unpaired) electrons. The highest BCUT2D eigenvalue weighted by Gasteiger charge is 2.24. The van der Waals surface area contributed by atoms with Crippen molar-refractivity contribution in [3.63, 3.8) is 0 Å². The number of rotatable bonds is 9. The summed E-state index contributed by atoms with van der Waals surface area (Å²) in [6.07, 6.45) is 1.20. The Morgan fingerprint density at radius 2 is 1.85 bits per heavy atom. The first-order chi connectivity index (χ1) is 16.1. The Kier molecular flexibility index (Phi) is 6.97. The molecule has 4 N–H and O–H groups in total. The molecule has 0 saturated carbocycles. The van der Waals surface area contributed by atoms with E-state index >= 15 is 0 Å². The van der Waals surface area contributed by atoms with Crippen LogP contribution in [0.4, 0.5) is 17.1 Å². The van der Waals surface area contributed by atoms with E-state index in [0.29, 0.717) is 0 Å². The van der Waals surface area contributed by atoms with Gasteiger partial charge < -0.3 is 14.9 Å². The fraction of sp³-hybridized carbons (Fsp3) is 0.0476. The third kappa shape index (κ3) is 5.21. The van der Waals surface area contributed by atoms with Crippen LogP contribution < -0.4 is 14.9 Å². The number of benzene rings is 3. The van der Waals surface area contributed by atoms with E-state index in [1.165, 1.54) is 49.7 Å². The fourth-order valence-corrected chi connectivity index (χ4v) is 4.13. The van der Waals surface area contributed by atoms with Crippen molar-refractivity contribution in [2.24, 2.45) is 5.10 Å². The molecule has 12 nitrogen and oxygen atoms in total. The number of hydrogen-bond donors (Lipinski definition) is 4. The summed E-state index contributed by atoms with van der Waals surface area (Å²) >= 11 is 0. The van der Waals surface area contributed by atoms with Gasteiger partial charge >= 0.3 is 5.97 Å². The van der Waals surface area contributed by atoms with Crippen LogP contribution in [0.25, 0.3) is 0 Å². The maximum absolute atomic E-state index is 13.1. The molecule has 13 heteroatoms.